The lowest BCUT2D eigenvalue weighted by Crippen LogP contribution is -2.41. The summed E-state index contributed by atoms with van der Waals surface area (Å²) in [7, 11) is 0. The molecule has 1 fully saturated rings. The molecule has 10 heteroatoms. The van der Waals surface area contributed by atoms with E-state index in [0.717, 1.165) is 47.9 Å². The first-order valence-electron chi connectivity index (χ1n) is 11.0. The Balaban J connectivity index is 1.60. The average molecular weight is 459 g/mol. The van der Waals surface area contributed by atoms with E-state index >= 15 is 0 Å². The van der Waals surface area contributed by atoms with E-state index in [2.05, 4.69) is 10.4 Å². The molecule has 1 aliphatic carbocycles. The zero-order chi connectivity index (χ0) is 23.5. The highest BCUT2D eigenvalue weighted by molar-refractivity contribution is 5.92. The van der Waals surface area contributed by atoms with Gasteiger partial charge < -0.3 is 0 Å². The summed E-state index contributed by atoms with van der Waals surface area (Å²) >= 11 is 0. The number of carbonyl (C=O) groups excluding carboxylic acids is 1. The summed E-state index contributed by atoms with van der Waals surface area (Å²) in [6.45, 7) is 1.64. The predicted octanol–water partition coefficient (Wildman–Crippen LogP) is 4.46. The van der Waals surface area contributed by atoms with E-state index in [1.54, 1.807) is 13.0 Å². The number of para-hydroxylation sites is 1. The first kappa shape index (κ1) is 22.8. The second kappa shape index (κ2) is 9.60. The molecule has 3 aromatic rings. The molecule has 1 aromatic heterocycles. The summed E-state index contributed by atoms with van der Waals surface area (Å²) in [5.74, 6) is -2.15. The minimum atomic E-state index is -1.17. The van der Waals surface area contributed by atoms with Gasteiger partial charge in [-0.3, -0.25) is 4.90 Å². The molecule has 7 nitrogen and oxygen atoms in total. The highest BCUT2D eigenvalue weighted by atomic mass is 19.1. The molecule has 1 heterocycles. The van der Waals surface area contributed by atoms with Crippen LogP contribution < -0.4 is 10.6 Å². The summed E-state index contributed by atoms with van der Waals surface area (Å²) in [5.41, 5.74) is -1.09. The van der Waals surface area contributed by atoms with Crippen LogP contribution in [0.3, 0.4) is 0 Å². The monoisotopic (exact) mass is 459 g/mol. The van der Waals surface area contributed by atoms with Gasteiger partial charge in [0, 0.05) is 6.54 Å². The van der Waals surface area contributed by atoms with Crippen LogP contribution in [0.2, 0.25) is 0 Å². The standard InChI is InChI=1S/C23H24F3N5O2/c1-2-29(20-12-11-16(14-19(20)26)13-15-7-4-3-5-8-15)22(32)31-23(33)30(27-28-31)21-17(24)9-6-10-18(21)25/h6,9-12,14-15H,2-5,7-8,13H2,1H3. The molecule has 1 amide bonds. The minimum absolute atomic E-state index is 0.0200. The fourth-order valence-electron chi connectivity index (χ4n) is 4.34. The number of anilines is 1. The number of hydrogen-bond acceptors (Lipinski definition) is 4. The van der Waals surface area contributed by atoms with E-state index in [4.69, 9.17) is 0 Å². The van der Waals surface area contributed by atoms with Crippen LogP contribution in [0.5, 0.6) is 0 Å². The van der Waals surface area contributed by atoms with Crippen molar-refractivity contribution in [3.8, 4) is 5.69 Å². The molecule has 33 heavy (non-hydrogen) atoms. The fraction of sp³-hybridized carbons (Fsp3) is 0.391. The maximum atomic E-state index is 15.0. The van der Waals surface area contributed by atoms with E-state index in [1.807, 2.05) is 0 Å². The molecule has 0 atom stereocenters. The fourth-order valence-corrected chi connectivity index (χ4v) is 4.34. The van der Waals surface area contributed by atoms with Gasteiger partial charge in [0.2, 0.25) is 0 Å². The molecule has 0 aliphatic heterocycles. The summed E-state index contributed by atoms with van der Waals surface area (Å²) in [6, 6.07) is 6.74. The number of hydrogen-bond donors (Lipinski definition) is 0. The highest BCUT2D eigenvalue weighted by Crippen LogP contribution is 2.29. The maximum absolute atomic E-state index is 15.0. The van der Waals surface area contributed by atoms with Crippen molar-refractivity contribution in [1.82, 2.24) is 19.8 Å². The first-order chi connectivity index (χ1) is 15.9. The minimum Gasteiger partial charge on any atom is -0.290 e. The molecule has 1 saturated carbocycles. The molecule has 0 radical (unpaired) electrons. The van der Waals surface area contributed by atoms with Crippen LogP contribution in [-0.2, 0) is 6.42 Å². The number of amides is 1. The lowest BCUT2D eigenvalue weighted by atomic mass is 9.85. The summed E-state index contributed by atoms with van der Waals surface area (Å²) < 4.78 is 43.8. The second-order valence-corrected chi connectivity index (χ2v) is 8.18. The van der Waals surface area contributed by atoms with Crippen LogP contribution in [0.4, 0.5) is 23.7 Å². The van der Waals surface area contributed by atoms with Gasteiger partial charge >= 0.3 is 11.7 Å². The third kappa shape index (κ3) is 4.55. The summed E-state index contributed by atoms with van der Waals surface area (Å²) in [4.78, 5) is 26.7. The molecular formula is C23H24F3N5O2. The number of tetrazole rings is 1. The zero-order valence-corrected chi connectivity index (χ0v) is 18.2. The van der Waals surface area contributed by atoms with Crippen LogP contribution in [0.25, 0.3) is 5.69 Å². The van der Waals surface area contributed by atoms with Crippen molar-refractivity contribution in [3.05, 3.63) is 69.9 Å². The van der Waals surface area contributed by atoms with Crippen molar-refractivity contribution in [1.29, 1.82) is 0 Å². The molecule has 0 saturated heterocycles. The molecule has 1 aliphatic rings. The van der Waals surface area contributed by atoms with Crippen LogP contribution >= 0.6 is 0 Å². The lowest BCUT2D eigenvalue weighted by Gasteiger charge is -2.23. The Morgan fingerprint density at radius 3 is 2.36 bits per heavy atom. The largest absolute Gasteiger partial charge is 0.377 e. The van der Waals surface area contributed by atoms with Gasteiger partial charge in [-0.15, -0.1) is 4.68 Å². The van der Waals surface area contributed by atoms with Crippen molar-refractivity contribution in [3.63, 3.8) is 0 Å². The van der Waals surface area contributed by atoms with Gasteiger partial charge in [-0.1, -0.05) is 44.2 Å². The van der Waals surface area contributed by atoms with Crippen molar-refractivity contribution >= 4 is 11.7 Å². The molecule has 4 rings (SSSR count). The Kier molecular flexibility index (Phi) is 6.62. The van der Waals surface area contributed by atoms with Crippen LogP contribution in [0, 0.1) is 23.4 Å². The van der Waals surface area contributed by atoms with E-state index in [0.29, 0.717) is 15.3 Å². The highest BCUT2D eigenvalue weighted by Gasteiger charge is 2.26. The summed E-state index contributed by atoms with van der Waals surface area (Å²) in [5, 5.41) is 6.90. The lowest BCUT2D eigenvalue weighted by molar-refractivity contribution is 0.244. The third-order valence-electron chi connectivity index (χ3n) is 6.01. The van der Waals surface area contributed by atoms with Crippen LogP contribution in [-0.4, -0.2) is 32.4 Å². The van der Waals surface area contributed by atoms with Crippen LogP contribution in [0.1, 0.15) is 44.6 Å². The predicted molar refractivity (Wildman–Crippen MR) is 116 cm³/mol. The normalized spacial score (nSPS) is 14.4. The van der Waals surface area contributed by atoms with Gasteiger partial charge in [-0.25, -0.2) is 22.8 Å². The smallest absolute Gasteiger partial charge is 0.290 e. The number of carbonyl (C=O) groups is 1. The topological polar surface area (TPSA) is 73.0 Å². The van der Waals surface area contributed by atoms with Crippen molar-refractivity contribution in [2.45, 2.75) is 45.4 Å². The van der Waals surface area contributed by atoms with Crippen molar-refractivity contribution in [2.24, 2.45) is 5.92 Å². The first-order valence-corrected chi connectivity index (χ1v) is 11.0. The van der Waals surface area contributed by atoms with E-state index in [1.165, 1.54) is 31.4 Å². The van der Waals surface area contributed by atoms with E-state index in [9.17, 15) is 22.8 Å². The summed E-state index contributed by atoms with van der Waals surface area (Å²) in [6.07, 6.45) is 6.66. The second-order valence-electron chi connectivity index (χ2n) is 8.18. The van der Waals surface area contributed by atoms with Gasteiger partial charge in [0.25, 0.3) is 0 Å². The Labute approximate surface area is 188 Å². The van der Waals surface area contributed by atoms with Crippen LogP contribution in [0.15, 0.2) is 41.2 Å². The van der Waals surface area contributed by atoms with Crippen molar-refractivity contribution < 1.29 is 18.0 Å². The number of aromatic nitrogens is 4. The van der Waals surface area contributed by atoms with Gasteiger partial charge in [0.1, 0.15) is 11.5 Å². The average Bonchev–Trinajstić information content (AvgIpc) is 3.17. The van der Waals surface area contributed by atoms with E-state index in [-0.39, 0.29) is 12.2 Å². The number of halogens is 3. The van der Waals surface area contributed by atoms with Gasteiger partial charge in [0.05, 0.1) is 5.69 Å². The molecule has 2 aromatic carbocycles. The number of rotatable bonds is 5. The quantitative estimate of drug-likeness (QED) is 0.528. The SMILES string of the molecule is CCN(C(=O)n1nnn(-c2c(F)cccc2F)c1=O)c1ccc(CC2CCCCC2)cc1F. The Morgan fingerprint density at radius 1 is 1.03 bits per heavy atom. The Hall–Kier alpha value is -3.43. The molecule has 174 valence electrons. The third-order valence-corrected chi connectivity index (χ3v) is 6.01. The number of nitrogens with zero attached hydrogens (tertiary/aromatic N) is 5. The van der Waals surface area contributed by atoms with Gasteiger partial charge in [-0.05, 0) is 59.5 Å². The van der Waals surface area contributed by atoms with E-state index < -0.39 is 34.9 Å². The molecular weight excluding hydrogens is 435 g/mol. The molecule has 0 spiro atoms. The molecule has 0 bridgehead atoms. The maximum Gasteiger partial charge on any atom is 0.377 e. The van der Waals surface area contributed by atoms with Gasteiger partial charge in [0.15, 0.2) is 11.6 Å². The van der Waals surface area contributed by atoms with Crippen molar-refractivity contribution in [2.75, 3.05) is 11.4 Å². The molecule has 0 N–H and O–H groups in total. The molecule has 0 unspecified atom stereocenters. The Morgan fingerprint density at radius 2 is 1.73 bits per heavy atom. The zero-order valence-electron chi connectivity index (χ0n) is 18.2. The Bertz CT molecular complexity index is 1200. The number of benzene rings is 2. The van der Waals surface area contributed by atoms with Gasteiger partial charge in [-0.2, -0.15) is 4.68 Å².